The molecule has 180 valence electrons. The van der Waals surface area contributed by atoms with Crippen LogP contribution < -0.4 is 4.74 Å². The van der Waals surface area contributed by atoms with Crippen LogP contribution in [0.3, 0.4) is 0 Å². The Bertz CT molecular complexity index is 1210. The Hall–Kier alpha value is -3.39. The summed E-state index contributed by atoms with van der Waals surface area (Å²) in [5.74, 6) is 1.84. The van der Waals surface area contributed by atoms with E-state index in [0.717, 1.165) is 46.4 Å². The van der Waals surface area contributed by atoms with Crippen LogP contribution in [0.25, 0.3) is 11.1 Å². The number of fused-ring (bicyclic) bond motifs is 3. The Morgan fingerprint density at radius 2 is 1.89 bits per heavy atom. The summed E-state index contributed by atoms with van der Waals surface area (Å²) in [6, 6.07) is 16.7. The summed E-state index contributed by atoms with van der Waals surface area (Å²) in [5.41, 5.74) is 7.79. The Labute approximate surface area is 210 Å². The van der Waals surface area contributed by atoms with Crippen molar-refractivity contribution in [1.82, 2.24) is 0 Å². The van der Waals surface area contributed by atoms with Gasteiger partial charge in [0.1, 0.15) is 12.4 Å². The lowest BCUT2D eigenvalue weighted by Crippen LogP contribution is -2.19. The molecule has 35 heavy (non-hydrogen) atoms. The number of hydrogen-bond donors (Lipinski definition) is 0. The van der Waals surface area contributed by atoms with E-state index in [1.54, 1.807) is 6.08 Å². The van der Waals surface area contributed by atoms with E-state index < -0.39 is 0 Å². The maximum absolute atomic E-state index is 12.9. The first-order valence-corrected chi connectivity index (χ1v) is 12.6. The quantitative estimate of drug-likeness (QED) is 0.275. The number of rotatable bonds is 9. The van der Waals surface area contributed by atoms with Crippen LogP contribution >= 0.6 is 0 Å². The largest absolute Gasteiger partial charge is 0.488 e. The van der Waals surface area contributed by atoms with E-state index in [2.05, 4.69) is 82.5 Å². The standard InChI is InChI=1S/C33H36O2/c1-22(2)18-24(4)25(5)27-15-17-33-31(20-27)30-16-14-28(19-29(30)21-35-33)32(34)13-9-10-23(3)26-11-7-6-8-12-26/h6-9,11-13,15-17,19-20,22-23,28H,4-5,10,14,18,21H2,1-3H3. The number of ether oxygens (including phenoxy) is 1. The molecule has 0 N–H and O–H groups in total. The molecule has 0 saturated heterocycles. The van der Waals surface area contributed by atoms with Gasteiger partial charge in [0.05, 0.1) is 0 Å². The molecule has 0 spiro atoms. The molecule has 1 heterocycles. The number of carbonyl (C=O) groups excluding carboxylic acids is 1. The smallest absolute Gasteiger partial charge is 0.162 e. The zero-order chi connectivity index (χ0) is 24.9. The summed E-state index contributed by atoms with van der Waals surface area (Å²) < 4.78 is 6.05. The number of benzene rings is 2. The summed E-state index contributed by atoms with van der Waals surface area (Å²) in [6.45, 7) is 15.6. The van der Waals surface area contributed by atoms with Gasteiger partial charge in [-0.25, -0.2) is 0 Å². The summed E-state index contributed by atoms with van der Waals surface area (Å²) in [5, 5.41) is 0. The van der Waals surface area contributed by atoms with Crippen LogP contribution in [0.2, 0.25) is 0 Å². The van der Waals surface area contributed by atoms with Gasteiger partial charge in [-0.05, 0) is 82.7 Å². The molecule has 0 radical (unpaired) electrons. The van der Waals surface area contributed by atoms with Crippen molar-refractivity contribution in [1.29, 1.82) is 0 Å². The van der Waals surface area contributed by atoms with Crippen molar-refractivity contribution in [3.05, 3.63) is 114 Å². The lowest BCUT2D eigenvalue weighted by molar-refractivity contribution is -0.116. The fraction of sp³-hybridized carbons (Fsp3) is 0.303. The van der Waals surface area contributed by atoms with E-state index in [0.29, 0.717) is 24.9 Å². The van der Waals surface area contributed by atoms with Crippen LogP contribution in [0.15, 0.2) is 97.1 Å². The Morgan fingerprint density at radius 1 is 1.11 bits per heavy atom. The summed E-state index contributed by atoms with van der Waals surface area (Å²) >= 11 is 0. The topological polar surface area (TPSA) is 26.3 Å². The van der Waals surface area contributed by atoms with E-state index >= 15 is 0 Å². The molecule has 0 aromatic heterocycles. The molecular formula is C33H36O2. The van der Waals surface area contributed by atoms with E-state index in [-0.39, 0.29) is 11.7 Å². The van der Waals surface area contributed by atoms with Gasteiger partial charge in [0.2, 0.25) is 0 Å². The third-order valence-corrected chi connectivity index (χ3v) is 6.91. The summed E-state index contributed by atoms with van der Waals surface area (Å²) in [6.07, 6.45) is 10.6. The van der Waals surface area contributed by atoms with Crippen LogP contribution in [-0.4, -0.2) is 12.4 Å². The molecule has 2 heteroatoms. The third kappa shape index (κ3) is 5.82. The fourth-order valence-corrected chi connectivity index (χ4v) is 4.84. The average Bonchev–Trinajstić information content (AvgIpc) is 2.87. The first-order valence-electron chi connectivity index (χ1n) is 12.6. The first kappa shape index (κ1) is 24.7. The minimum atomic E-state index is -0.133. The summed E-state index contributed by atoms with van der Waals surface area (Å²) in [4.78, 5) is 12.9. The van der Waals surface area contributed by atoms with Gasteiger partial charge in [-0.3, -0.25) is 4.79 Å². The van der Waals surface area contributed by atoms with Crippen molar-refractivity contribution in [2.75, 3.05) is 6.61 Å². The Morgan fingerprint density at radius 3 is 2.63 bits per heavy atom. The minimum absolute atomic E-state index is 0.133. The van der Waals surface area contributed by atoms with Gasteiger partial charge in [-0.2, -0.15) is 0 Å². The van der Waals surface area contributed by atoms with Crippen LogP contribution in [0.4, 0.5) is 0 Å². The highest BCUT2D eigenvalue weighted by molar-refractivity contribution is 5.96. The zero-order valence-corrected chi connectivity index (χ0v) is 21.2. The molecule has 2 aromatic carbocycles. The molecule has 2 atom stereocenters. The van der Waals surface area contributed by atoms with Crippen LogP contribution in [-0.2, 0) is 4.79 Å². The monoisotopic (exact) mass is 464 g/mol. The lowest BCUT2D eigenvalue weighted by atomic mass is 9.82. The van der Waals surface area contributed by atoms with Gasteiger partial charge in [-0.1, -0.05) is 88.6 Å². The molecule has 0 saturated carbocycles. The average molecular weight is 465 g/mol. The van der Waals surface area contributed by atoms with Crippen molar-refractivity contribution < 1.29 is 9.53 Å². The SMILES string of the molecule is C=C(CC(C)C)C(=C)c1ccc2c(c1)C1=CCC(C(=O)C=CCC(C)c3ccccc3)C=C1CO2. The van der Waals surface area contributed by atoms with Gasteiger partial charge in [-0.15, -0.1) is 0 Å². The van der Waals surface area contributed by atoms with E-state index in [9.17, 15) is 4.79 Å². The maximum Gasteiger partial charge on any atom is 0.162 e. The number of allylic oxidation sites excluding steroid dienone is 6. The van der Waals surface area contributed by atoms with Crippen LogP contribution in [0.1, 0.15) is 62.6 Å². The molecule has 2 unspecified atom stereocenters. The highest BCUT2D eigenvalue weighted by Gasteiger charge is 2.26. The first-order chi connectivity index (χ1) is 16.8. The molecular weight excluding hydrogens is 428 g/mol. The molecule has 2 aromatic rings. The van der Waals surface area contributed by atoms with E-state index in [4.69, 9.17) is 4.74 Å². The van der Waals surface area contributed by atoms with Crippen molar-refractivity contribution in [3.8, 4) is 5.75 Å². The van der Waals surface area contributed by atoms with Crippen molar-refractivity contribution in [2.45, 2.75) is 46.0 Å². The van der Waals surface area contributed by atoms with Gasteiger partial charge >= 0.3 is 0 Å². The second-order valence-corrected chi connectivity index (χ2v) is 10.2. The number of hydrogen-bond acceptors (Lipinski definition) is 2. The second kappa shape index (κ2) is 10.9. The number of carbonyl (C=O) groups is 1. The molecule has 2 aliphatic rings. The van der Waals surface area contributed by atoms with E-state index in [1.165, 1.54) is 11.1 Å². The summed E-state index contributed by atoms with van der Waals surface area (Å²) in [7, 11) is 0. The van der Waals surface area contributed by atoms with Gasteiger partial charge in [0, 0.05) is 11.5 Å². The van der Waals surface area contributed by atoms with Gasteiger partial charge < -0.3 is 4.74 Å². The molecule has 2 nitrogen and oxygen atoms in total. The number of ketones is 1. The molecule has 0 amide bonds. The van der Waals surface area contributed by atoms with Crippen LogP contribution in [0, 0.1) is 11.8 Å². The zero-order valence-electron chi connectivity index (χ0n) is 21.2. The second-order valence-electron chi connectivity index (χ2n) is 10.2. The molecule has 4 rings (SSSR count). The molecule has 0 fully saturated rings. The highest BCUT2D eigenvalue weighted by Crippen LogP contribution is 2.41. The maximum atomic E-state index is 12.9. The van der Waals surface area contributed by atoms with E-state index in [1.807, 2.05) is 18.2 Å². The Balaban J connectivity index is 1.44. The lowest BCUT2D eigenvalue weighted by Gasteiger charge is -2.28. The van der Waals surface area contributed by atoms with Crippen molar-refractivity contribution >= 4 is 16.9 Å². The Kier molecular flexibility index (Phi) is 7.70. The molecule has 0 bridgehead atoms. The predicted molar refractivity (Wildman–Crippen MR) is 147 cm³/mol. The normalized spacial score (nSPS) is 17.7. The highest BCUT2D eigenvalue weighted by atomic mass is 16.5. The van der Waals surface area contributed by atoms with Crippen molar-refractivity contribution in [2.24, 2.45) is 11.8 Å². The van der Waals surface area contributed by atoms with Crippen LogP contribution in [0.5, 0.6) is 5.75 Å². The minimum Gasteiger partial charge on any atom is -0.488 e. The van der Waals surface area contributed by atoms with Gasteiger partial charge in [0.25, 0.3) is 0 Å². The fourth-order valence-electron chi connectivity index (χ4n) is 4.84. The molecule has 1 aliphatic carbocycles. The van der Waals surface area contributed by atoms with Gasteiger partial charge in [0.15, 0.2) is 5.78 Å². The van der Waals surface area contributed by atoms with Crippen molar-refractivity contribution in [3.63, 3.8) is 0 Å². The molecule has 1 aliphatic heterocycles. The third-order valence-electron chi connectivity index (χ3n) is 6.91. The predicted octanol–water partition coefficient (Wildman–Crippen LogP) is 8.34.